The topological polar surface area (TPSA) is 23.8 Å². The third kappa shape index (κ3) is 1.78. The van der Waals surface area contributed by atoms with Crippen LogP contribution < -0.4 is 4.90 Å². The molecular weight excluding hydrogens is 212 g/mol. The minimum atomic E-state index is 0.605. The van der Waals surface area contributed by atoms with Crippen molar-refractivity contribution in [2.45, 2.75) is 12.5 Å². The normalized spacial score (nSPS) is 21.2. The third-order valence-electron chi connectivity index (χ3n) is 3.68. The highest BCUT2D eigenvalue weighted by Crippen LogP contribution is 2.21. The summed E-state index contributed by atoms with van der Waals surface area (Å²) in [6.07, 6.45) is 5.12. The smallest absolute Gasteiger partial charge is 0.138 e. The van der Waals surface area contributed by atoms with E-state index in [1.54, 1.807) is 0 Å². The van der Waals surface area contributed by atoms with E-state index in [4.69, 9.17) is 0 Å². The van der Waals surface area contributed by atoms with Crippen LogP contribution in [0.5, 0.6) is 0 Å². The van der Waals surface area contributed by atoms with Crippen molar-refractivity contribution in [3.8, 4) is 0 Å². The van der Waals surface area contributed by atoms with Gasteiger partial charge in [0, 0.05) is 32.0 Å². The Morgan fingerprint density at radius 2 is 2.29 bits per heavy atom. The summed E-state index contributed by atoms with van der Waals surface area (Å²) in [5, 5.41) is 0. The highest BCUT2D eigenvalue weighted by Gasteiger charge is 2.24. The molecule has 1 fully saturated rings. The summed E-state index contributed by atoms with van der Waals surface area (Å²) in [7, 11) is 4.37. The fourth-order valence-electron chi connectivity index (χ4n) is 2.63. The molecule has 0 bridgehead atoms. The van der Waals surface area contributed by atoms with Gasteiger partial charge in [0.25, 0.3) is 0 Å². The summed E-state index contributed by atoms with van der Waals surface area (Å²) in [5.74, 6) is 1.22. The molecule has 2 aromatic heterocycles. The first-order valence-corrected chi connectivity index (χ1v) is 6.09. The lowest BCUT2D eigenvalue weighted by atomic mass is 10.2. The van der Waals surface area contributed by atoms with Crippen molar-refractivity contribution in [3.05, 3.63) is 30.6 Å². The van der Waals surface area contributed by atoms with Crippen molar-refractivity contribution in [2.24, 2.45) is 0 Å². The number of imidazole rings is 1. The number of nitrogens with zero attached hydrogens (tertiary/aromatic N) is 4. The second-order valence-corrected chi connectivity index (χ2v) is 4.86. The van der Waals surface area contributed by atoms with E-state index in [0.29, 0.717) is 6.04 Å². The lowest BCUT2D eigenvalue weighted by Crippen LogP contribution is -2.34. The van der Waals surface area contributed by atoms with E-state index in [1.165, 1.54) is 18.8 Å². The molecule has 0 spiro atoms. The number of hydrogen-bond acceptors (Lipinski definition) is 3. The molecule has 4 heteroatoms. The fraction of sp³-hybridized carbons (Fsp3) is 0.462. The Kier molecular flexibility index (Phi) is 2.52. The monoisotopic (exact) mass is 230 g/mol. The summed E-state index contributed by atoms with van der Waals surface area (Å²) >= 11 is 0. The van der Waals surface area contributed by atoms with E-state index in [9.17, 15) is 0 Å². The molecule has 4 nitrogen and oxygen atoms in total. The van der Waals surface area contributed by atoms with Crippen molar-refractivity contribution >= 4 is 11.5 Å². The Hall–Kier alpha value is -1.55. The van der Waals surface area contributed by atoms with Gasteiger partial charge in [0.2, 0.25) is 0 Å². The molecule has 3 rings (SSSR count). The van der Waals surface area contributed by atoms with Gasteiger partial charge >= 0.3 is 0 Å². The number of anilines is 1. The molecule has 0 amide bonds. The van der Waals surface area contributed by atoms with Crippen LogP contribution in [0.2, 0.25) is 0 Å². The van der Waals surface area contributed by atoms with Gasteiger partial charge in [-0.05, 0) is 32.1 Å². The number of likely N-dealkylation sites (tertiary alicyclic amines) is 1. The summed E-state index contributed by atoms with van der Waals surface area (Å²) in [6.45, 7) is 2.33. The molecule has 2 aromatic rings. The molecule has 3 heterocycles. The zero-order valence-corrected chi connectivity index (χ0v) is 10.4. The van der Waals surface area contributed by atoms with Crippen LogP contribution in [0.3, 0.4) is 0 Å². The van der Waals surface area contributed by atoms with Crippen LogP contribution in [0.1, 0.15) is 6.42 Å². The largest absolute Gasteiger partial charge is 0.356 e. The maximum Gasteiger partial charge on any atom is 0.138 e. The Balaban J connectivity index is 1.95. The molecule has 1 unspecified atom stereocenters. The molecule has 1 aliphatic rings. The van der Waals surface area contributed by atoms with Gasteiger partial charge in [-0.25, -0.2) is 4.98 Å². The van der Waals surface area contributed by atoms with Gasteiger partial charge in [-0.3, -0.25) is 4.40 Å². The van der Waals surface area contributed by atoms with Crippen molar-refractivity contribution in [2.75, 3.05) is 32.1 Å². The molecular formula is C13H18N4. The molecule has 0 N–H and O–H groups in total. The van der Waals surface area contributed by atoms with E-state index < -0.39 is 0 Å². The zero-order valence-electron chi connectivity index (χ0n) is 10.4. The summed E-state index contributed by atoms with van der Waals surface area (Å²) < 4.78 is 2.15. The van der Waals surface area contributed by atoms with Gasteiger partial charge in [0.1, 0.15) is 11.5 Å². The first-order chi connectivity index (χ1) is 8.25. The second-order valence-electron chi connectivity index (χ2n) is 4.86. The molecule has 1 atom stereocenters. The highest BCUT2D eigenvalue weighted by atomic mass is 15.3. The van der Waals surface area contributed by atoms with Crippen molar-refractivity contribution < 1.29 is 0 Å². The first kappa shape index (κ1) is 10.6. The maximum atomic E-state index is 4.33. The average Bonchev–Trinajstić information content (AvgIpc) is 2.95. The Bertz CT molecular complexity index is 519. The number of hydrogen-bond donors (Lipinski definition) is 0. The zero-order chi connectivity index (χ0) is 11.8. The van der Waals surface area contributed by atoms with Crippen molar-refractivity contribution in [3.63, 3.8) is 0 Å². The van der Waals surface area contributed by atoms with Gasteiger partial charge in [-0.1, -0.05) is 6.07 Å². The molecule has 0 aliphatic carbocycles. The summed E-state index contributed by atoms with van der Waals surface area (Å²) in [5.41, 5.74) is 1.01. The minimum absolute atomic E-state index is 0.605. The third-order valence-corrected chi connectivity index (χ3v) is 3.68. The van der Waals surface area contributed by atoms with Crippen LogP contribution in [0.4, 0.5) is 5.82 Å². The van der Waals surface area contributed by atoms with Gasteiger partial charge in [-0.2, -0.15) is 0 Å². The molecule has 0 saturated carbocycles. The Morgan fingerprint density at radius 3 is 3.06 bits per heavy atom. The standard InChI is InChI=1S/C13H18N4/c1-15-8-6-11(10-15)16(2)13-5-3-4-12-14-7-9-17(12)13/h3-5,7,9,11H,6,8,10H2,1-2H3. The SMILES string of the molecule is CN1CCC(N(C)c2cccc3nccn23)C1. The van der Waals surface area contributed by atoms with Crippen LogP contribution >= 0.6 is 0 Å². The summed E-state index contributed by atoms with van der Waals surface area (Å²) in [4.78, 5) is 9.09. The number of rotatable bonds is 2. The molecule has 1 saturated heterocycles. The lowest BCUT2D eigenvalue weighted by molar-refractivity contribution is 0.409. The molecule has 0 aromatic carbocycles. The number of likely N-dealkylation sites (N-methyl/N-ethyl adjacent to an activating group) is 2. The van der Waals surface area contributed by atoms with Crippen molar-refractivity contribution in [1.82, 2.24) is 14.3 Å². The van der Waals surface area contributed by atoms with E-state index >= 15 is 0 Å². The summed E-state index contributed by atoms with van der Waals surface area (Å²) in [6, 6.07) is 6.88. The fourth-order valence-corrected chi connectivity index (χ4v) is 2.63. The van der Waals surface area contributed by atoms with Crippen LogP contribution in [0.15, 0.2) is 30.6 Å². The second kappa shape index (κ2) is 4.04. The Morgan fingerprint density at radius 1 is 1.41 bits per heavy atom. The van der Waals surface area contributed by atoms with Gasteiger partial charge in [0.05, 0.1) is 0 Å². The van der Waals surface area contributed by atoms with Crippen LogP contribution in [0.25, 0.3) is 5.65 Å². The first-order valence-electron chi connectivity index (χ1n) is 6.09. The Labute approximate surface area is 101 Å². The quantitative estimate of drug-likeness (QED) is 0.780. The number of aromatic nitrogens is 2. The van der Waals surface area contributed by atoms with E-state index in [1.807, 2.05) is 18.5 Å². The highest BCUT2D eigenvalue weighted by molar-refractivity contribution is 5.51. The van der Waals surface area contributed by atoms with Crippen LogP contribution in [0, 0.1) is 0 Å². The van der Waals surface area contributed by atoms with Gasteiger partial charge < -0.3 is 9.80 Å². The molecule has 17 heavy (non-hydrogen) atoms. The van der Waals surface area contributed by atoms with Crippen LogP contribution in [-0.2, 0) is 0 Å². The molecule has 1 aliphatic heterocycles. The number of pyridine rings is 1. The molecule has 90 valence electrons. The number of fused-ring (bicyclic) bond motifs is 1. The van der Waals surface area contributed by atoms with E-state index in [0.717, 1.165) is 12.2 Å². The van der Waals surface area contributed by atoms with Gasteiger partial charge in [0.15, 0.2) is 0 Å². The van der Waals surface area contributed by atoms with Crippen LogP contribution in [-0.4, -0.2) is 47.5 Å². The predicted molar refractivity (Wildman–Crippen MR) is 69.5 cm³/mol. The molecule has 0 radical (unpaired) electrons. The lowest BCUT2D eigenvalue weighted by Gasteiger charge is -2.27. The van der Waals surface area contributed by atoms with E-state index in [2.05, 4.69) is 45.4 Å². The minimum Gasteiger partial charge on any atom is -0.356 e. The maximum absolute atomic E-state index is 4.33. The predicted octanol–water partition coefficient (Wildman–Crippen LogP) is 1.47. The van der Waals surface area contributed by atoms with E-state index in [-0.39, 0.29) is 0 Å². The van der Waals surface area contributed by atoms with Gasteiger partial charge in [-0.15, -0.1) is 0 Å². The van der Waals surface area contributed by atoms with Crippen molar-refractivity contribution in [1.29, 1.82) is 0 Å². The average molecular weight is 230 g/mol.